The molecule has 0 amide bonds. The molecule has 0 aromatic heterocycles. The van der Waals surface area contributed by atoms with E-state index in [4.69, 9.17) is 0 Å². The summed E-state index contributed by atoms with van der Waals surface area (Å²) >= 11 is 0. The van der Waals surface area contributed by atoms with E-state index in [0.29, 0.717) is 0 Å². The van der Waals surface area contributed by atoms with Gasteiger partial charge in [-0.2, -0.15) is 0 Å². The summed E-state index contributed by atoms with van der Waals surface area (Å²) in [6, 6.07) is 31.4. The molecule has 0 saturated carbocycles. The molecule has 0 bridgehead atoms. The first-order valence-electron chi connectivity index (χ1n) is 7.76. The van der Waals surface area contributed by atoms with Gasteiger partial charge in [-0.3, -0.25) is 0 Å². The lowest BCUT2D eigenvalue weighted by molar-refractivity contribution is 0.338. The maximum Gasteiger partial charge on any atom is 0.177 e. The van der Waals surface area contributed by atoms with Gasteiger partial charge in [0.15, 0.2) is 8.07 Å². The molecule has 3 aromatic carbocycles. The molecule has 2 heteroatoms. The number of benzene rings is 3. The van der Waals surface area contributed by atoms with Gasteiger partial charge in [-0.1, -0.05) is 91.0 Å². The molecule has 3 rings (SSSR count). The van der Waals surface area contributed by atoms with Crippen molar-refractivity contribution in [1.82, 2.24) is 0 Å². The summed E-state index contributed by atoms with van der Waals surface area (Å²) in [7, 11) is -2.47. The van der Waals surface area contributed by atoms with Gasteiger partial charge in [-0.25, -0.2) is 0 Å². The second-order valence-corrected chi connectivity index (χ2v) is 9.55. The Balaban J connectivity index is 2.38. The Morgan fingerprint density at radius 2 is 0.957 bits per heavy atom. The van der Waals surface area contributed by atoms with Gasteiger partial charge in [0.2, 0.25) is 0 Å². The molecule has 0 atom stereocenters. The van der Waals surface area contributed by atoms with Crippen molar-refractivity contribution in [3.63, 3.8) is 0 Å². The summed E-state index contributed by atoms with van der Waals surface area (Å²) in [6.07, 6.45) is 0. The second kappa shape index (κ2) is 6.78. The van der Waals surface area contributed by atoms with Crippen molar-refractivity contribution in [3.8, 4) is 0 Å². The van der Waals surface area contributed by atoms with Gasteiger partial charge < -0.3 is 5.11 Å². The highest BCUT2D eigenvalue weighted by Crippen LogP contribution is 2.15. The Bertz CT molecular complexity index is 670. The number of rotatable bonds is 5. The van der Waals surface area contributed by atoms with Crippen molar-refractivity contribution >= 4 is 23.6 Å². The average Bonchev–Trinajstić information content (AvgIpc) is 2.65. The monoisotopic (exact) mass is 316 g/mol. The maximum atomic E-state index is 9.99. The van der Waals surface area contributed by atoms with Crippen LogP contribution in [0, 0.1) is 0 Å². The molecule has 0 aliphatic rings. The second-order valence-electron chi connectivity index (χ2n) is 5.61. The van der Waals surface area contributed by atoms with E-state index in [1.54, 1.807) is 0 Å². The largest absolute Gasteiger partial charge is 0.392 e. The van der Waals surface area contributed by atoms with Crippen LogP contribution in [0.1, 0.15) is 0 Å². The highest BCUT2D eigenvalue weighted by molar-refractivity contribution is 7.16. The fourth-order valence-electron chi connectivity index (χ4n) is 3.30. The van der Waals surface area contributed by atoms with E-state index in [2.05, 4.69) is 79.4 Å². The Kier molecular flexibility index (Phi) is 4.56. The minimum Gasteiger partial charge on any atom is -0.392 e. The normalized spacial score (nSPS) is 11.2. The Morgan fingerprint density at radius 1 is 0.652 bits per heavy atom. The lowest BCUT2D eigenvalue weighted by Gasteiger charge is -2.35. The van der Waals surface area contributed by atoms with Gasteiger partial charge >= 0.3 is 0 Å². The lowest BCUT2D eigenvalue weighted by atomic mass is 10.3. The zero-order chi connectivity index (χ0) is 16.1. The molecule has 0 radical (unpaired) electrons. The highest BCUT2D eigenvalue weighted by Gasteiger charge is 2.41. The van der Waals surface area contributed by atoms with Crippen molar-refractivity contribution in [2.75, 3.05) is 6.61 Å². The van der Waals surface area contributed by atoms with Gasteiger partial charge in [0, 0.05) is 0 Å². The smallest absolute Gasteiger partial charge is 0.177 e. The van der Waals surface area contributed by atoms with Gasteiger partial charge in [-0.15, -0.1) is 6.58 Å². The quantitative estimate of drug-likeness (QED) is 0.565. The average molecular weight is 316 g/mol. The third kappa shape index (κ3) is 2.67. The Labute approximate surface area is 138 Å². The summed E-state index contributed by atoms with van der Waals surface area (Å²) in [5.41, 5.74) is 0. The first kappa shape index (κ1) is 15.5. The summed E-state index contributed by atoms with van der Waals surface area (Å²) in [6.45, 7) is 4.28. The predicted octanol–water partition coefficient (Wildman–Crippen LogP) is 2.24. The van der Waals surface area contributed by atoms with Crippen molar-refractivity contribution < 1.29 is 5.11 Å². The number of hydrogen-bond acceptors (Lipinski definition) is 1. The predicted molar refractivity (Wildman–Crippen MR) is 100 cm³/mol. The van der Waals surface area contributed by atoms with E-state index in [9.17, 15) is 5.11 Å². The van der Waals surface area contributed by atoms with Crippen LogP contribution in [0.5, 0.6) is 0 Å². The van der Waals surface area contributed by atoms with Crippen LogP contribution in [0.25, 0.3) is 0 Å². The van der Waals surface area contributed by atoms with Gasteiger partial charge in [0.25, 0.3) is 0 Å². The molecular weight excluding hydrogens is 296 g/mol. The van der Waals surface area contributed by atoms with E-state index in [1.807, 2.05) is 18.2 Å². The number of aliphatic hydroxyl groups is 1. The van der Waals surface area contributed by atoms with Crippen LogP contribution in [-0.2, 0) is 0 Å². The molecule has 0 unspecified atom stereocenters. The summed E-state index contributed by atoms with van der Waals surface area (Å²) < 4.78 is 0. The number of aliphatic hydroxyl groups excluding tert-OH is 1. The Hall–Kier alpha value is -2.42. The van der Waals surface area contributed by atoms with E-state index >= 15 is 0 Å². The summed E-state index contributed by atoms with van der Waals surface area (Å²) in [5, 5.41) is 14.6. The van der Waals surface area contributed by atoms with Crippen LogP contribution in [-0.4, -0.2) is 19.8 Å². The molecule has 0 spiro atoms. The van der Waals surface area contributed by atoms with Crippen molar-refractivity contribution in [3.05, 3.63) is 103 Å². The third-order valence-electron chi connectivity index (χ3n) is 4.34. The zero-order valence-electron chi connectivity index (χ0n) is 13.0. The number of hydrogen-bond donors (Lipinski definition) is 1. The topological polar surface area (TPSA) is 20.2 Å². The van der Waals surface area contributed by atoms with Crippen molar-refractivity contribution in [1.29, 1.82) is 0 Å². The van der Waals surface area contributed by atoms with Crippen LogP contribution < -0.4 is 15.6 Å². The van der Waals surface area contributed by atoms with Gasteiger partial charge in [0.1, 0.15) is 0 Å². The van der Waals surface area contributed by atoms with Gasteiger partial charge in [0.05, 0.1) is 6.61 Å². The maximum absolute atomic E-state index is 9.99. The molecule has 0 heterocycles. The molecule has 1 N–H and O–H groups in total. The van der Waals surface area contributed by atoms with Crippen LogP contribution in [0.3, 0.4) is 0 Å². The van der Waals surface area contributed by atoms with Crippen LogP contribution in [0.4, 0.5) is 0 Å². The molecule has 0 saturated heterocycles. The fraction of sp³-hybridized carbons (Fsp3) is 0.0476. The SMILES string of the molecule is C=C(CO)[Si](c1ccccc1)(c1ccccc1)c1ccccc1. The van der Waals surface area contributed by atoms with E-state index < -0.39 is 8.07 Å². The van der Waals surface area contributed by atoms with E-state index in [1.165, 1.54) is 15.6 Å². The molecular formula is C21H20OSi. The van der Waals surface area contributed by atoms with Gasteiger partial charge in [-0.05, 0) is 20.8 Å². The summed E-state index contributed by atoms with van der Waals surface area (Å²) in [4.78, 5) is 0. The molecule has 0 aliphatic heterocycles. The standard InChI is InChI=1S/C21H20OSi/c1-18(17-22)23(19-11-5-2-6-12-19,20-13-7-3-8-14-20)21-15-9-4-10-16-21/h2-16,22H,1,17H2. The Morgan fingerprint density at radius 3 is 1.22 bits per heavy atom. The van der Waals surface area contributed by atoms with Crippen LogP contribution in [0.2, 0.25) is 0 Å². The lowest BCUT2D eigenvalue weighted by Crippen LogP contribution is -2.69. The van der Waals surface area contributed by atoms with E-state index in [-0.39, 0.29) is 6.61 Å². The molecule has 114 valence electrons. The first-order valence-corrected chi connectivity index (χ1v) is 9.76. The molecule has 23 heavy (non-hydrogen) atoms. The van der Waals surface area contributed by atoms with Crippen molar-refractivity contribution in [2.24, 2.45) is 0 Å². The zero-order valence-corrected chi connectivity index (χ0v) is 14.0. The third-order valence-corrected chi connectivity index (χ3v) is 9.16. The first-order chi connectivity index (χ1) is 11.3. The molecule has 3 aromatic rings. The fourth-order valence-corrected chi connectivity index (χ4v) is 7.83. The molecule has 1 nitrogen and oxygen atoms in total. The highest BCUT2D eigenvalue weighted by atomic mass is 28.3. The minimum atomic E-state index is -2.47. The van der Waals surface area contributed by atoms with E-state index in [0.717, 1.165) is 5.20 Å². The molecule has 0 fully saturated rings. The van der Waals surface area contributed by atoms with Crippen molar-refractivity contribution in [2.45, 2.75) is 0 Å². The summed E-state index contributed by atoms with van der Waals surface area (Å²) in [5.74, 6) is 0. The van der Waals surface area contributed by atoms with Crippen LogP contribution in [0.15, 0.2) is 103 Å². The molecule has 0 aliphatic carbocycles. The van der Waals surface area contributed by atoms with Crippen LogP contribution >= 0.6 is 0 Å². The minimum absolute atomic E-state index is 0.00902.